The molecule has 8 unspecified atom stereocenters. The first kappa shape index (κ1) is 29.5. The molecule has 216 valence electrons. The third-order valence-electron chi connectivity index (χ3n) is 11.8. The Morgan fingerprint density at radius 1 is 1.03 bits per heavy atom. The van der Waals surface area contributed by atoms with Gasteiger partial charge in [0.15, 0.2) is 0 Å². The van der Waals surface area contributed by atoms with Gasteiger partial charge in [-0.3, -0.25) is 0 Å². The lowest BCUT2D eigenvalue weighted by Gasteiger charge is -2.61. The third-order valence-corrected chi connectivity index (χ3v) is 12.4. The Morgan fingerprint density at radius 2 is 1.82 bits per heavy atom. The van der Waals surface area contributed by atoms with Gasteiger partial charge < -0.3 is 4.74 Å². The summed E-state index contributed by atoms with van der Waals surface area (Å²) >= 11 is 12.3. The van der Waals surface area contributed by atoms with Crippen LogP contribution in [-0.4, -0.2) is 12.1 Å². The molecule has 0 aromatic heterocycles. The Kier molecular flexibility index (Phi) is 8.86. The molecule has 0 amide bonds. The first-order valence-corrected chi connectivity index (χ1v) is 16.6. The van der Waals surface area contributed by atoms with Crippen molar-refractivity contribution in [2.24, 2.45) is 46.3 Å². The van der Waals surface area contributed by atoms with Gasteiger partial charge in [0.25, 0.3) is 0 Å². The van der Waals surface area contributed by atoms with Crippen LogP contribution in [0.25, 0.3) is 0 Å². The van der Waals surface area contributed by atoms with E-state index >= 15 is 0 Å². The Morgan fingerprint density at radius 3 is 2.56 bits per heavy atom. The molecule has 2 nitrogen and oxygen atoms in total. The zero-order valence-corrected chi connectivity index (χ0v) is 26.4. The molecular weight excluding hydrogens is 523 g/mol. The van der Waals surface area contributed by atoms with Crippen LogP contribution in [0.15, 0.2) is 29.8 Å². The summed E-state index contributed by atoms with van der Waals surface area (Å²) < 4.78 is 6.00. The van der Waals surface area contributed by atoms with Gasteiger partial charge in [-0.15, -0.1) is 0 Å². The Bertz CT molecular complexity index is 1080. The second-order valence-corrected chi connectivity index (χ2v) is 15.5. The number of carbonyl (C=O) groups is 1. The summed E-state index contributed by atoms with van der Waals surface area (Å²) in [5, 5.41) is 0.887. The van der Waals surface area contributed by atoms with Crippen molar-refractivity contribution in [3.05, 3.63) is 45.5 Å². The minimum absolute atomic E-state index is 0.0680. The summed E-state index contributed by atoms with van der Waals surface area (Å²) in [6, 6.07) is 4.98. The van der Waals surface area contributed by atoms with Crippen molar-refractivity contribution in [2.45, 2.75) is 118 Å². The van der Waals surface area contributed by atoms with Crippen LogP contribution in [0.1, 0.15) is 122 Å². The Balaban J connectivity index is 1.23. The number of rotatable bonds is 7. The molecule has 3 fully saturated rings. The van der Waals surface area contributed by atoms with Crippen molar-refractivity contribution in [1.29, 1.82) is 0 Å². The van der Waals surface area contributed by atoms with Crippen molar-refractivity contribution in [3.63, 3.8) is 0 Å². The summed E-state index contributed by atoms with van der Waals surface area (Å²) in [6.45, 7) is 12.4. The first-order chi connectivity index (χ1) is 18.5. The molecule has 1 aromatic carbocycles. The zero-order chi connectivity index (χ0) is 27.9. The number of halogens is 2. The molecule has 4 heteroatoms. The van der Waals surface area contributed by atoms with Crippen LogP contribution < -0.4 is 0 Å². The van der Waals surface area contributed by atoms with Crippen LogP contribution in [0, 0.1) is 46.3 Å². The number of hydrogen-bond donors (Lipinski definition) is 0. The highest BCUT2D eigenvalue weighted by Gasteiger charge is 2.56. The molecule has 0 spiro atoms. The van der Waals surface area contributed by atoms with Crippen molar-refractivity contribution in [2.75, 3.05) is 0 Å². The van der Waals surface area contributed by atoms with Crippen LogP contribution in [0.3, 0.4) is 0 Å². The number of benzene rings is 1. The lowest BCUT2D eigenvalue weighted by atomic mass is 9.44. The number of carbonyl (C=O) groups excluding carboxylic acids is 1. The number of allylic oxidation sites excluding steroid dienone is 1. The molecule has 5 rings (SSSR count). The average molecular weight is 574 g/mol. The summed E-state index contributed by atoms with van der Waals surface area (Å²) in [4.78, 5) is 12.9. The van der Waals surface area contributed by atoms with Gasteiger partial charge in [0.05, 0.1) is 10.6 Å². The maximum atomic E-state index is 12.9. The molecule has 0 bridgehead atoms. The standard InChI is InChI=1S/C35H50Cl2O2/c1-22(2)7-6-8-23(3)24-9-14-30-28-12-10-25-19-27(39-33(38)29-13-11-26(36)20-32(29)37)15-18-35(25,5)31(28)16-17-34(30,4)21-24/h10-11,13,20,22-24,27-28,30-31H,6-9,12,14-19,21H2,1-5H3. The molecule has 3 saturated carbocycles. The minimum Gasteiger partial charge on any atom is -0.458 e. The van der Waals surface area contributed by atoms with E-state index in [4.69, 9.17) is 27.9 Å². The highest BCUT2D eigenvalue weighted by Crippen LogP contribution is 2.65. The van der Waals surface area contributed by atoms with E-state index in [-0.39, 0.29) is 17.5 Å². The molecule has 39 heavy (non-hydrogen) atoms. The second kappa shape index (κ2) is 11.7. The second-order valence-electron chi connectivity index (χ2n) is 14.7. The van der Waals surface area contributed by atoms with E-state index in [1.54, 1.807) is 23.8 Å². The van der Waals surface area contributed by atoms with E-state index in [0.717, 1.165) is 54.8 Å². The molecule has 0 aliphatic heterocycles. The SMILES string of the molecule is CC(C)CCCC(C)C1CCC2C3CC=C4CC(OC(=O)c5ccc(Cl)cc5Cl)CCC4(C)C3CCC2(C)C1. The highest BCUT2D eigenvalue weighted by molar-refractivity contribution is 6.36. The van der Waals surface area contributed by atoms with Gasteiger partial charge in [-0.05, 0) is 116 Å². The summed E-state index contributed by atoms with van der Waals surface area (Å²) in [6.07, 6.45) is 17.9. The minimum atomic E-state index is -0.330. The topological polar surface area (TPSA) is 26.3 Å². The Hall–Kier alpha value is -0.990. The number of hydrogen-bond acceptors (Lipinski definition) is 2. The highest BCUT2D eigenvalue weighted by atomic mass is 35.5. The van der Waals surface area contributed by atoms with Crippen molar-refractivity contribution in [1.82, 2.24) is 0 Å². The number of esters is 1. The molecular formula is C35H50Cl2O2. The van der Waals surface area contributed by atoms with Gasteiger partial charge >= 0.3 is 5.97 Å². The summed E-state index contributed by atoms with van der Waals surface area (Å²) in [5.74, 6) is 4.75. The van der Waals surface area contributed by atoms with Crippen LogP contribution in [-0.2, 0) is 4.74 Å². The molecule has 0 radical (unpaired) electrons. The number of ether oxygens (including phenoxy) is 1. The lowest BCUT2D eigenvalue weighted by molar-refractivity contribution is -0.0866. The van der Waals surface area contributed by atoms with Crippen LogP contribution in [0.2, 0.25) is 10.0 Å². The normalized spacial score (nSPS) is 36.8. The lowest BCUT2D eigenvalue weighted by Crippen LogP contribution is -2.52. The Labute approximate surface area is 247 Å². The largest absolute Gasteiger partial charge is 0.458 e. The van der Waals surface area contributed by atoms with E-state index in [0.29, 0.717) is 21.0 Å². The van der Waals surface area contributed by atoms with Gasteiger partial charge in [0.2, 0.25) is 0 Å². The third kappa shape index (κ3) is 5.99. The van der Waals surface area contributed by atoms with E-state index in [2.05, 4.69) is 40.7 Å². The molecule has 4 aliphatic rings. The van der Waals surface area contributed by atoms with Gasteiger partial charge in [0.1, 0.15) is 6.10 Å². The van der Waals surface area contributed by atoms with Crippen molar-refractivity contribution < 1.29 is 9.53 Å². The quantitative estimate of drug-likeness (QED) is 0.240. The van der Waals surface area contributed by atoms with Gasteiger partial charge in [-0.25, -0.2) is 4.79 Å². The fraction of sp³-hybridized carbons (Fsp3) is 0.743. The van der Waals surface area contributed by atoms with E-state index in [1.165, 1.54) is 57.8 Å². The predicted octanol–water partition coefficient (Wildman–Crippen LogP) is 11.0. The molecule has 0 heterocycles. The van der Waals surface area contributed by atoms with E-state index in [1.807, 2.05) is 0 Å². The van der Waals surface area contributed by atoms with E-state index < -0.39 is 0 Å². The summed E-state index contributed by atoms with van der Waals surface area (Å²) in [5.41, 5.74) is 2.73. The fourth-order valence-corrected chi connectivity index (χ4v) is 9.96. The predicted molar refractivity (Wildman–Crippen MR) is 163 cm³/mol. The summed E-state index contributed by atoms with van der Waals surface area (Å²) in [7, 11) is 0. The molecule has 1 aromatic rings. The van der Waals surface area contributed by atoms with Gasteiger partial charge in [0, 0.05) is 11.4 Å². The number of fused-ring (bicyclic) bond motifs is 5. The zero-order valence-electron chi connectivity index (χ0n) is 24.9. The monoisotopic (exact) mass is 572 g/mol. The van der Waals surface area contributed by atoms with Crippen molar-refractivity contribution >= 4 is 29.2 Å². The maximum absolute atomic E-state index is 12.9. The average Bonchev–Trinajstić information content (AvgIpc) is 2.87. The molecule has 8 atom stereocenters. The van der Waals surface area contributed by atoms with E-state index in [9.17, 15) is 4.79 Å². The fourth-order valence-electron chi connectivity index (χ4n) is 9.47. The molecule has 4 aliphatic carbocycles. The van der Waals surface area contributed by atoms with Crippen LogP contribution >= 0.6 is 23.2 Å². The van der Waals surface area contributed by atoms with Gasteiger partial charge in [-0.1, -0.05) is 88.7 Å². The van der Waals surface area contributed by atoms with Gasteiger partial charge in [-0.2, -0.15) is 0 Å². The van der Waals surface area contributed by atoms with Crippen LogP contribution in [0.4, 0.5) is 0 Å². The molecule has 0 N–H and O–H groups in total. The van der Waals surface area contributed by atoms with Crippen LogP contribution in [0.5, 0.6) is 0 Å². The first-order valence-electron chi connectivity index (χ1n) is 15.9. The smallest absolute Gasteiger partial charge is 0.339 e. The van der Waals surface area contributed by atoms with Crippen molar-refractivity contribution in [3.8, 4) is 0 Å². The molecule has 0 saturated heterocycles. The maximum Gasteiger partial charge on any atom is 0.339 e.